The molecule has 3 amide bonds. The Balaban J connectivity index is 1.24. The quantitative estimate of drug-likeness (QED) is 0.0922. The van der Waals surface area contributed by atoms with Crippen LogP contribution in [0.3, 0.4) is 0 Å². The molecule has 0 saturated carbocycles. The number of carbonyl (C=O) groups excluding carboxylic acids is 3. The predicted octanol–water partition coefficient (Wildman–Crippen LogP) is 7.31. The fourth-order valence-corrected chi connectivity index (χ4v) is 6.20. The van der Waals surface area contributed by atoms with Gasteiger partial charge in [0.05, 0.1) is 14.2 Å². The number of carbonyl (C=O) groups is 3. The number of amides is 3. The van der Waals surface area contributed by atoms with Crippen molar-refractivity contribution in [3.05, 3.63) is 144 Å². The molecule has 11 heteroatoms. The summed E-state index contributed by atoms with van der Waals surface area (Å²) in [7, 11) is 3.05. The first-order chi connectivity index (χ1) is 24.4. The van der Waals surface area contributed by atoms with Crippen molar-refractivity contribution in [2.24, 2.45) is 0 Å². The molecule has 252 valence electrons. The van der Waals surface area contributed by atoms with Gasteiger partial charge in [-0.1, -0.05) is 60.7 Å². The van der Waals surface area contributed by atoms with Gasteiger partial charge in [0.15, 0.2) is 23.0 Å². The lowest BCUT2D eigenvalue weighted by Gasteiger charge is -2.18. The normalized spacial score (nSPS) is 12.4. The Kier molecular flexibility index (Phi) is 10.6. The van der Waals surface area contributed by atoms with E-state index in [1.54, 1.807) is 91.0 Å². The fourth-order valence-electron chi connectivity index (χ4n) is 5.12. The molecule has 0 saturated heterocycles. The van der Waals surface area contributed by atoms with Crippen LogP contribution < -0.4 is 34.9 Å². The largest absolute Gasteiger partial charge is 0.493 e. The van der Waals surface area contributed by atoms with Gasteiger partial charge in [0.25, 0.3) is 11.8 Å². The second-order valence-corrected chi connectivity index (χ2v) is 12.1. The zero-order valence-electron chi connectivity index (χ0n) is 27.2. The van der Waals surface area contributed by atoms with E-state index >= 15 is 0 Å². The molecular weight excluding hydrogens is 655 g/mol. The fraction of sp³-hybridized carbons (Fsp3) is 0.103. The monoisotopic (exact) mass is 687 g/mol. The Hall–Kier alpha value is -6.20. The maximum absolute atomic E-state index is 13.8. The van der Waals surface area contributed by atoms with Gasteiger partial charge in [-0.15, -0.1) is 11.8 Å². The molecule has 50 heavy (non-hydrogen) atoms. The van der Waals surface area contributed by atoms with Gasteiger partial charge in [0.2, 0.25) is 12.7 Å². The van der Waals surface area contributed by atoms with E-state index < -0.39 is 17.1 Å². The molecule has 3 N–H and O–H groups in total. The van der Waals surface area contributed by atoms with Crippen LogP contribution in [0.2, 0.25) is 0 Å². The van der Waals surface area contributed by atoms with Gasteiger partial charge >= 0.3 is 0 Å². The summed E-state index contributed by atoms with van der Waals surface area (Å²) in [6.07, 6.45) is 1.56. The number of methoxy groups -OCH3 is 2. The number of ether oxygens (including phenoxy) is 4. The first-order valence-corrected chi connectivity index (χ1v) is 16.4. The van der Waals surface area contributed by atoms with E-state index in [1.807, 2.05) is 36.4 Å². The number of hydrogen-bond donors (Lipinski definition) is 3. The van der Waals surface area contributed by atoms with E-state index in [1.165, 1.54) is 26.0 Å². The van der Waals surface area contributed by atoms with Crippen molar-refractivity contribution in [2.45, 2.75) is 10.1 Å². The van der Waals surface area contributed by atoms with Crippen LogP contribution in [0.5, 0.6) is 23.0 Å². The highest BCUT2D eigenvalue weighted by Crippen LogP contribution is 2.39. The van der Waals surface area contributed by atoms with Crippen molar-refractivity contribution in [2.75, 3.05) is 31.6 Å². The molecule has 5 aromatic carbocycles. The Morgan fingerprint density at radius 2 is 1.44 bits per heavy atom. The third-order valence-electron chi connectivity index (χ3n) is 7.57. The number of thioether (sulfide) groups is 1. The van der Waals surface area contributed by atoms with Crippen molar-refractivity contribution >= 4 is 46.9 Å². The first kappa shape index (κ1) is 33.7. The highest BCUT2D eigenvalue weighted by molar-refractivity contribution is 8.00. The van der Waals surface area contributed by atoms with Crippen LogP contribution in [-0.4, -0.2) is 38.7 Å². The van der Waals surface area contributed by atoms with Gasteiger partial charge in [0.1, 0.15) is 10.9 Å². The van der Waals surface area contributed by atoms with Crippen molar-refractivity contribution < 1.29 is 33.3 Å². The Morgan fingerprint density at radius 1 is 0.720 bits per heavy atom. The lowest BCUT2D eigenvalue weighted by Crippen LogP contribution is -2.30. The summed E-state index contributed by atoms with van der Waals surface area (Å²) in [5.74, 6) is 0.944. The molecule has 5 aromatic rings. The van der Waals surface area contributed by atoms with E-state index in [-0.39, 0.29) is 18.4 Å². The average Bonchev–Trinajstić information content (AvgIpc) is 3.62. The van der Waals surface area contributed by atoms with Gasteiger partial charge < -0.3 is 34.9 Å². The van der Waals surface area contributed by atoms with Crippen LogP contribution in [0.4, 0.5) is 11.4 Å². The minimum atomic E-state index is -0.627. The van der Waals surface area contributed by atoms with Crippen molar-refractivity contribution in [1.29, 1.82) is 0 Å². The second kappa shape index (κ2) is 15.8. The maximum atomic E-state index is 13.8. The van der Waals surface area contributed by atoms with E-state index in [0.29, 0.717) is 45.5 Å². The maximum Gasteiger partial charge on any atom is 0.272 e. The topological polar surface area (TPSA) is 124 Å². The van der Waals surface area contributed by atoms with Crippen LogP contribution in [0.25, 0.3) is 6.08 Å². The number of hydrogen-bond acceptors (Lipinski definition) is 8. The standard InChI is InChI=1S/C39H33N3O7S/c1-46-32-18-16-25(21-34(32)47-2)20-31(42-37(43)27-12-7-4-8-13-27)38(44)40-28-14-9-15-30(22-28)50-36(26-10-5-3-6-11-26)39(45)41-29-17-19-33-35(23-29)49-24-48-33/h3-23,36H,24H2,1-2H3,(H,40,44)(H,41,45)(H,42,43)/b31-20+. The lowest BCUT2D eigenvalue weighted by atomic mass is 10.1. The smallest absolute Gasteiger partial charge is 0.272 e. The molecule has 1 unspecified atom stereocenters. The number of anilines is 2. The second-order valence-electron chi connectivity index (χ2n) is 10.9. The van der Waals surface area contributed by atoms with E-state index in [0.717, 1.165) is 10.5 Å². The van der Waals surface area contributed by atoms with Gasteiger partial charge in [-0.25, -0.2) is 0 Å². The van der Waals surface area contributed by atoms with E-state index in [9.17, 15) is 14.4 Å². The Morgan fingerprint density at radius 3 is 2.20 bits per heavy atom. The summed E-state index contributed by atoms with van der Waals surface area (Å²) in [6, 6.07) is 35.6. The molecule has 0 bridgehead atoms. The number of benzene rings is 5. The zero-order valence-corrected chi connectivity index (χ0v) is 28.0. The van der Waals surface area contributed by atoms with Crippen molar-refractivity contribution in [3.63, 3.8) is 0 Å². The number of fused-ring (bicyclic) bond motifs is 1. The molecule has 6 rings (SSSR count). The van der Waals surface area contributed by atoms with Crippen LogP contribution in [0, 0.1) is 0 Å². The molecule has 10 nitrogen and oxygen atoms in total. The average molecular weight is 688 g/mol. The third kappa shape index (κ3) is 8.26. The van der Waals surface area contributed by atoms with Gasteiger partial charge in [-0.2, -0.15) is 0 Å². The molecule has 0 spiro atoms. The van der Waals surface area contributed by atoms with E-state index in [4.69, 9.17) is 18.9 Å². The molecule has 1 heterocycles. The van der Waals surface area contributed by atoms with Crippen molar-refractivity contribution in [1.82, 2.24) is 5.32 Å². The Labute approximate surface area is 293 Å². The molecule has 1 aliphatic rings. The number of nitrogens with one attached hydrogen (secondary N) is 3. The van der Waals surface area contributed by atoms with Gasteiger partial charge in [0, 0.05) is 27.9 Å². The summed E-state index contributed by atoms with van der Waals surface area (Å²) in [4.78, 5) is 41.4. The molecule has 0 aliphatic carbocycles. The third-order valence-corrected chi connectivity index (χ3v) is 8.82. The summed E-state index contributed by atoms with van der Waals surface area (Å²) < 4.78 is 21.6. The van der Waals surface area contributed by atoms with Gasteiger partial charge in [-0.05, 0) is 71.8 Å². The van der Waals surface area contributed by atoms with Crippen LogP contribution >= 0.6 is 11.8 Å². The van der Waals surface area contributed by atoms with Crippen LogP contribution in [0.15, 0.2) is 132 Å². The summed E-state index contributed by atoms with van der Waals surface area (Å²) in [5.41, 5.74) is 2.85. The van der Waals surface area contributed by atoms with E-state index in [2.05, 4.69) is 16.0 Å². The molecule has 0 radical (unpaired) electrons. The Bertz CT molecular complexity index is 2040. The van der Waals surface area contributed by atoms with Gasteiger partial charge in [-0.3, -0.25) is 14.4 Å². The molecular formula is C39H33N3O7S. The predicted molar refractivity (Wildman–Crippen MR) is 193 cm³/mol. The minimum absolute atomic E-state index is 0.00870. The minimum Gasteiger partial charge on any atom is -0.493 e. The first-order valence-electron chi connectivity index (χ1n) is 15.5. The highest BCUT2D eigenvalue weighted by Gasteiger charge is 2.24. The van der Waals surface area contributed by atoms with Crippen molar-refractivity contribution in [3.8, 4) is 23.0 Å². The van der Waals surface area contributed by atoms with Crippen LogP contribution in [-0.2, 0) is 9.59 Å². The number of rotatable bonds is 12. The SMILES string of the molecule is COc1ccc(/C=C(/NC(=O)c2ccccc2)C(=O)Nc2cccc(SC(C(=O)Nc3ccc4c(c3)OCO4)c3ccccc3)c2)cc1OC. The molecule has 0 aromatic heterocycles. The summed E-state index contributed by atoms with van der Waals surface area (Å²) in [5, 5.41) is 8.02. The molecule has 0 fully saturated rings. The highest BCUT2D eigenvalue weighted by atomic mass is 32.2. The summed E-state index contributed by atoms with van der Waals surface area (Å²) >= 11 is 1.33. The zero-order chi connectivity index (χ0) is 34.9. The molecule has 1 aliphatic heterocycles. The molecule has 1 atom stereocenters. The summed E-state index contributed by atoms with van der Waals surface area (Å²) in [6.45, 7) is 0.134. The van der Waals surface area contributed by atoms with Crippen LogP contribution in [0.1, 0.15) is 26.7 Å². The lowest BCUT2D eigenvalue weighted by molar-refractivity contribution is -0.116.